The van der Waals surface area contributed by atoms with Crippen LogP contribution in [0.3, 0.4) is 0 Å². The van der Waals surface area contributed by atoms with E-state index in [1.54, 1.807) is 0 Å². The summed E-state index contributed by atoms with van der Waals surface area (Å²) in [6, 6.07) is 5.66. The van der Waals surface area contributed by atoms with E-state index >= 15 is 0 Å². The molecule has 0 radical (unpaired) electrons. The summed E-state index contributed by atoms with van der Waals surface area (Å²) >= 11 is 0. The molecule has 1 heterocycles. The molecular formula is C11H13F2N. The van der Waals surface area contributed by atoms with Crippen molar-refractivity contribution in [1.82, 2.24) is 0 Å². The molecule has 1 aromatic carbocycles. The monoisotopic (exact) mass is 197 g/mol. The summed E-state index contributed by atoms with van der Waals surface area (Å²) in [4.78, 5) is 0. The van der Waals surface area contributed by atoms with E-state index in [2.05, 4.69) is 5.32 Å². The minimum Gasteiger partial charge on any atom is -0.385 e. The number of halogens is 2. The van der Waals surface area contributed by atoms with Crippen molar-refractivity contribution in [3.8, 4) is 0 Å². The molecule has 0 saturated carbocycles. The van der Waals surface area contributed by atoms with Crippen LogP contribution in [0.5, 0.6) is 0 Å². The maximum Gasteiger partial charge on any atom is 0.253 e. The third-order valence-electron chi connectivity index (χ3n) is 2.52. The molecule has 0 spiro atoms. The van der Waals surface area contributed by atoms with Gasteiger partial charge in [0.1, 0.15) is 0 Å². The van der Waals surface area contributed by atoms with Crippen LogP contribution in [-0.2, 0) is 6.42 Å². The van der Waals surface area contributed by atoms with Gasteiger partial charge in [-0.25, -0.2) is 8.78 Å². The highest BCUT2D eigenvalue weighted by Gasteiger charge is 2.31. The summed E-state index contributed by atoms with van der Waals surface area (Å²) in [5, 5.41) is 3.03. The fraction of sp³-hybridized carbons (Fsp3) is 0.455. The van der Waals surface area contributed by atoms with Crippen LogP contribution in [0.15, 0.2) is 18.2 Å². The molecule has 0 aliphatic carbocycles. The lowest BCUT2D eigenvalue weighted by atomic mass is 10.0. The third kappa shape index (κ3) is 1.86. The Hall–Kier alpha value is -1.12. The van der Waals surface area contributed by atoms with Crippen LogP contribution >= 0.6 is 0 Å². The predicted molar refractivity (Wildman–Crippen MR) is 52.9 cm³/mol. The van der Waals surface area contributed by atoms with Crippen LogP contribution < -0.4 is 5.32 Å². The van der Waals surface area contributed by atoms with Crippen molar-refractivity contribution in [2.24, 2.45) is 0 Å². The van der Waals surface area contributed by atoms with Gasteiger partial charge in [0.15, 0.2) is 0 Å². The molecule has 3 heteroatoms. The minimum atomic E-state index is -2.56. The molecule has 1 aromatic rings. The van der Waals surface area contributed by atoms with Crippen molar-refractivity contribution in [2.45, 2.75) is 25.7 Å². The summed E-state index contributed by atoms with van der Waals surface area (Å²) in [5.74, 6) is -2.56. The Labute approximate surface area is 82.1 Å². The van der Waals surface area contributed by atoms with Gasteiger partial charge >= 0.3 is 0 Å². The smallest absolute Gasteiger partial charge is 0.253 e. The zero-order valence-electron chi connectivity index (χ0n) is 8.11. The summed E-state index contributed by atoms with van der Waals surface area (Å²) in [5.41, 5.74) is 2.61. The van der Waals surface area contributed by atoms with E-state index in [1.807, 2.05) is 25.1 Å². The van der Waals surface area contributed by atoms with Crippen LogP contribution in [0.2, 0.25) is 0 Å². The SMILES string of the molecule is Cc1ccc2c(c1)CC(F)(F)CCN2. The van der Waals surface area contributed by atoms with Crippen LogP contribution in [0, 0.1) is 6.92 Å². The normalized spacial score (nSPS) is 19.4. The van der Waals surface area contributed by atoms with Crippen molar-refractivity contribution in [3.63, 3.8) is 0 Å². The van der Waals surface area contributed by atoms with E-state index < -0.39 is 5.92 Å². The molecule has 0 saturated heterocycles. The summed E-state index contributed by atoms with van der Waals surface area (Å²) in [6.07, 6.45) is -0.224. The Morgan fingerprint density at radius 3 is 2.93 bits per heavy atom. The van der Waals surface area contributed by atoms with Crippen LogP contribution in [0.25, 0.3) is 0 Å². The largest absolute Gasteiger partial charge is 0.385 e. The average Bonchev–Trinajstić information content (AvgIpc) is 2.21. The second kappa shape index (κ2) is 3.23. The van der Waals surface area contributed by atoms with E-state index in [4.69, 9.17) is 0 Å². The van der Waals surface area contributed by atoms with Crippen molar-refractivity contribution in [3.05, 3.63) is 29.3 Å². The van der Waals surface area contributed by atoms with Gasteiger partial charge in [-0.2, -0.15) is 0 Å². The zero-order valence-corrected chi connectivity index (χ0v) is 8.11. The maximum atomic E-state index is 13.2. The topological polar surface area (TPSA) is 12.0 Å². The molecule has 0 fully saturated rings. The fourth-order valence-electron chi connectivity index (χ4n) is 1.79. The third-order valence-corrected chi connectivity index (χ3v) is 2.52. The molecule has 0 bridgehead atoms. The standard InChI is InChI=1S/C11H13F2N/c1-8-2-3-10-9(6-8)7-11(12,13)4-5-14-10/h2-3,6,14H,4-5,7H2,1H3. The second-order valence-electron chi connectivity index (χ2n) is 3.87. The van der Waals surface area contributed by atoms with Crippen LogP contribution in [0.4, 0.5) is 14.5 Å². The lowest BCUT2D eigenvalue weighted by Crippen LogP contribution is -2.19. The Morgan fingerprint density at radius 2 is 2.14 bits per heavy atom. The number of benzene rings is 1. The van der Waals surface area contributed by atoms with Crippen molar-refractivity contribution in [1.29, 1.82) is 0 Å². The van der Waals surface area contributed by atoms with E-state index in [1.165, 1.54) is 0 Å². The first-order valence-electron chi connectivity index (χ1n) is 4.78. The first-order chi connectivity index (χ1) is 6.57. The molecular weight excluding hydrogens is 184 g/mol. The van der Waals surface area contributed by atoms with Gasteiger partial charge < -0.3 is 5.32 Å². The first kappa shape index (κ1) is 9.44. The molecule has 1 aliphatic heterocycles. The van der Waals surface area contributed by atoms with Gasteiger partial charge in [-0.3, -0.25) is 0 Å². The molecule has 1 nitrogen and oxygen atoms in total. The quantitative estimate of drug-likeness (QED) is 0.674. The Bertz CT molecular complexity index is 347. The van der Waals surface area contributed by atoms with Crippen molar-refractivity contribution in [2.75, 3.05) is 11.9 Å². The molecule has 0 unspecified atom stereocenters. The number of alkyl halides is 2. The van der Waals surface area contributed by atoms with Crippen LogP contribution in [0.1, 0.15) is 17.5 Å². The van der Waals surface area contributed by atoms with Crippen LogP contribution in [-0.4, -0.2) is 12.5 Å². The summed E-state index contributed by atoms with van der Waals surface area (Å²) in [7, 11) is 0. The maximum absolute atomic E-state index is 13.2. The molecule has 2 rings (SSSR count). The van der Waals surface area contributed by atoms with E-state index in [0.717, 1.165) is 16.8 Å². The number of nitrogens with one attached hydrogen (secondary N) is 1. The molecule has 1 N–H and O–H groups in total. The summed E-state index contributed by atoms with van der Waals surface area (Å²) in [6.45, 7) is 2.27. The highest BCUT2D eigenvalue weighted by atomic mass is 19.3. The zero-order chi connectivity index (χ0) is 10.2. The summed E-state index contributed by atoms with van der Waals surface area (Å²) < 4.78 is 26.5. The molecule has 14 heavy (non-hydrogen) atoms. The van der Waals surface area contributed by atoms with E-state index in [9.17, 15) is 8.78 Å². The van der Waals surface area contributed by atoms with E-state index in [0.29, 0.717) is 6.54 Å². The molecule has 0 aromatic heterocycles. The number of anilines is 1. The van der Waals surface area contributed by atoms with Gasteiger partial charge in [0, 0.05) is 25.1 Å². The predicted octanol–water partition coefficient (Wildman–Crippen LogP) is 2.99. The van der Waals surface area contributed by atoms with E-state index in [-0.39, 0.29) is 12.8 Å². The fourth-order valence-corrected chi connectivity index (χ4v) is 1.79. The first-order valence-corrected chi connectivity index (χ1v) is 4.78. The number of hydrogen-bond donors (Lipinski definition) is 1. The van der Waals surface area contributed by atoms with Gasteiger partial charge in [-0.15, -0.1) is 0 Å². The number of hydrogen-bond acceptors (Lipinski definition) is 1. The molecule has 76 valence electrons. The van der Waals surface area contributed by atoms with Gasteiger partial charge in [-0.1, -0.05) is 17.7 Å². The highest BCUT2D eigenvalue weighted by Crippen LogP contribution is 2.31. The number of fused-ring (bicyclic) bond motifs is 1. The average molecular weight is 197 g/mol. The lowest BCUT2D eigenvalue weighted by Gasteiger charge is -2.12. The molecule has 1 aliphatic rings. The van der Waals surface area contributed by atoms with Gasteiger partial charge in [-0.05, 0) is 18.6 Å². The Morgan fingerprint density at radius 1 is 1.36 bits per heavy atom. The minimum absolute atomic E-state index is 0.0826. The number of aryl methyl sites for hydroxylation is 1. The van der Waals surface area contributed by atoms with Gasteiger partial charge in [0.05, 0.1) is 0 Å². The molecule has 0 atom stereocenters. The van der Waals surface area contributed by atoms with Gasteiger partial charge in [0.25, 0.3) is 5.92 Å². The second-order valence-corrected chi connectivity index (χ2v) is 3.87. The highest BCUT2D eigenvalue weighted by molar-refractivity contribution is 5.53. The van der Waals surface area contributed by atoms with Gasteiger partial charge in [0.2, 0.25) is 0 Å². The van der Waals surface area contributed by atoms with Crippen molar-refractivity contribution < 1.29 is 8.78 Å². The lowest BCUT2D eigenvalue weighted by molar-refractivity contribution is -0.00195. The molecule has 0 amide bonds. The Balaban J connectivity index is 2.38. The number of rotatable bonds is 0. The van der Waals surface area contributed by atoms with Crippen molar-refractivity contribution >= 4 is 5.69 Å². The Kier molecular flexibility index (Phi) is 2.17.